The van der Waals surface area contributed by atoms with Crippen LogP contribution in [0, 0.1) is 0 Å². The first-order chi connectivity index (χ1) is 6.61. The summed E-state index contributed by atoms with van der Waals surface area (Å²) in [5.74, 6) is 0.469. The van der Waals surface area contributed by atoms with Crippen LogP contribution in [0.15, 0.2) is 12.1 Å². The SMILES string of the molecule is CC1CCC(N)c2c(Cl)ccc(Cl)c21. The van der Waals surface area contributed by atoms with Gasteiger partial charge >= 0.3 is 0 Å². The van der Waals surface area contributed by atoms with Crippen LogP contribution < -0.4 is 5.73 Å². The smallest absolute Gasteiger partial charge is 0.0457 e. The van der Waals surface area contributed by atoms with Crippen molar-refractivity contribution in [1.29, 1.82) is 0 Å². The number of hydrogen-bond donors (Lipinski definition) is 1. The van der Waals surface area contributed by atoms with Gasteiger partial charge in [0.2, 0.25) is 0 Å². The minimum absolute atomic E-state index is 0.0485. The van der Waals surface area contributed by atoms with Crippen LogP contribution in [0.25, 0.3) is 0 Å². The summed E-state index contributed by atoms with van der Waals surface area (Å²) >= 11 is 12.3. The Morgan fingerprint density at radius 2 is 1.71 bits per heavy atom. The second kappa shape index (κ2) is 3.73. The molecule has 1 aliphatic rings. The van der Waals surface area contributed by atoms with E-state index < -0.39 is 0 Å². The molecule has 0 bridgehead atoms. The van der Waals surface area contributed by atoms with Crippen molar-refractivity contribution in [2.75, 3.05) is 0 Å². The molecule has 0 radical (unpaired) electrons. The first kappa shape index (κ1) is 10.3. The second-order valence-corrected chi connectivity index (χ2v) is 4.76. The highest BCUT2D eigenvalue weighted by atomic mass is 35.5. The van der Waals surface area contributed by atoms with Gasteiger partial charge in [0.25, 0.3) is 0 Å². The molecule has 0 spiro atoms. The third-order valence-electron chi connectivity index (χ3n) is 2.96. The summed E-state index contributed by atoms with van der Waals surface area (Å²) in [4.78, 5) is 0. The van der Waals surface area contributed by atoms with Gasteiger partial charge in [0.05, 0.1) is 0 Å². The van der Waals surface area contributed by atoms with E-state index in [0.29, 0.717) is 5.92 Å². The molecule has 1 nitrogen and oxygen atoms in total. The number of benzene rings is 1. The fourth-order valence-electron chi connectivity index (χ4n) is 2.18. The van der Waals surface area contributed by atoms with Gasteiger partial charge in [-0.05, 0) is 42.0 Å². The Morgan fingerprint density at radius 1 is 1.14 bits per heavy atom. The third-order valence-corrected chi connectivity index (χ3v) is 3.61. The molecule has 2 atom stereocenters. The van der Waals surface area contributed by atoms with Crippen LogP contribution in [0.5, 0.6) is 0 Å². The number of hydrogen-bond acceptors (Lipinski definition) is 1. The van der Waals surface area contributed by atoms with E-state index in [0.717, 1.165) is 34.0 Å². The summed E-state index contributed by atoms with van der Waals surface area (Å²) in [7, 11) is 0. The van der Waals surface area contributed by atoms with Gasteiger partial charge in [-0.2, -0.15) is 0 Å². The van der Waals surface area contributed by atoms with E-state index in [1.165, 1.54) is 0 Å². The van der Waals surface area contributed by atoms with E-state index in [1.54, 1.807) is 0 Å². The Morgan fingerprint density at radius 3 is 2.29 bits per heavy atom. The average molecular weight is 230 g/mol. The lowest BCUT2D eigenvalue weighted by Crippen LogP contribution is -2.20. The number of nitrogens with two attached hydrogens (primary N) is 1. The molecule has 0 saturated carbocycles. The molecule has 2 unspecified atom stereocenters. The third kappa shape index (κ3) is 1.54. The van der Waals surface area contributed by atoms with E-state index in [-0.39, 0.29) is 6.04 Å². The molecule has 2 N–H and O–H groups in total. The molecule has 1 aromatic carbocycles. The van der Waals surface area contributed by atoms with Crippen molar-refractivity contribution in [2.45, 2.75) is 31.7 Å². The summed E-state index contributed by atoms with van der Waals surface area (Å²) in [5.41, 5.74) is 8.24. The minimum atomic E-state index is 0.0485. The monoisotopic (exact) mass is 229 g/mol. The maximum atomic E-state index is 6.16. The number of rotatable bonds is 0. The standard InChI is InChI=1S/C11H13Cl2N/c1-6-2-5-9(14)11-8(13)4-3-7(12)10(6)11/h3-4,6,9H,2,5,14H2,1H3. The molecule has 0 fully saturated rings. The number of fused-ring (bicyclic) bond motifs is 1. The molecule has 0 amide bonds. The number of halogens is 2. The Labute approximate surface area is 94.2 Å². The zero-order valence-corrected chi connectivity index (χ0v) is 9.57. The van der Waals surface area contributed by atoms with Crippen LogP contribution in [0.2, 0.25) is 10.0 Å². The van der Waals surface area contributed by atoms with Crippen molar-refractivity contribution in [3.05, 3.63) is 33.3 Å². The van der Waals surface area contributed by atoms with Crippen molar-refractivity contribution < 1.29 is 0 Å². The highest BCUT2D eigenvalue weighted by Gasteiger charge is 2.26. The van der Waals surface area contributed by atoms with Crippen LogP contribution in [-0.4, -0.2) is 0 Å². The quantitative estimate of drug-likeness (QED) is 0.718. The van der Waals surface area contributed by atoms with E-state index in [4.69, 9.17) is 28.9 Å². The molecule has 76 valence electrons. The van der Waals surface area contributed by atoms with Gasteiger partial charge in [-0.3, -0.25) is 0 Å². The molecule has 0 aromatic heterocycles. The molecule has 1 aromatic rings. The van der Waals surface area contributed by atoms with Crippen LogP contribution in [0.3, 0.4) is 0 Å². The van der Waals surface area contributed by atoms with Gasteiger partial charge in [0, 0.05) is 16.1 Å². The predicted octanol–water partition coefficient (Wildman–Crippen LogP) is 3.89. The Kier molecular flexibility index (Phi) is 2.74. The summed E-state index contributed by atoms with van der Waals surface area (Å²) in [6, 6.07) is 3.74. The van der Waals surface area contributed by atoms with Gasteiger partial charge in [0.1, 0.15) is 0 Å². The minimum Gasteiger partial charge on any atom is -0.324 e. The first-order valence-electron chi connectivity index (χ1n) is 4.84. The van der Waals surface area contributed by atoms with Crippen LogP contribution in [-0.2, 0) is 0 Å². The highest BCUT2D eigenvalue weighted by molar-refractivity contribution is 6.34. The van der Waals surface area contributed by atoms with E-state index >= 15 is 0 Å². The maximum Gasteiger partial charge on any atom is 0.0457 e. The van der Waals surface area contributed by atoms with Crippen molar-refractivity contribution >= 4 is 23.2 Å². The molecular formula is C11H13Cl2N. The molecular weight excluding hydrogens is 217 g/mol. The highest BCUT2D eigenvalue weighted by Crippen LogP contribution is 2.43. The molecule has 0 saturated heterocycles. The lowest BCUT2D eigenvalue weighted by molar-refractivity contribution is 0.514. The lowest BCUT2D eigenvalue weighted by atomic mass is 9.81. The summed E-state index contributed by atoms with van der Waals surface area (Å²) in [6.07, 6.45) is 2.09. The Hall–Kier alpha value is -0.240. The molecule has 0 aliphatic heterocycles. The van der Waals surface area contributed by atoms with Crippen molar-refractivity contribution in [3.8, 4) is 0 Å². The lowest BCUT2D eigenvalue weighted by Gasteiger charge is -2.29. The first-order valence-corrected chi connectivity index (χ1v) is 5.60. The van der Waals surface area contributed by atoms with Gasteiger partial charge in [0.15, 0.2) is 0 Å². The predicted molar refractivity (Wildman–Crippen MR) is 61.0 cm³/mol. The molecule has 2 rings (SSSR count). The molecule has 3 heteroatoms. The van der Waals surface area contributed by atoms with Crippen LogP contribution in [0.1, 0.15) is 42.9 Å². The van der Waals surface area contributed by atoms with Crippen molar-refractivity contribution in [3.63, 3.8) is 0 Å². The van der Waals surface area contributed by atoms with E-state index in [1.807, 2.05) is 12.1 Å². The molecule has 14 heavy (non-hydrogen) atoms. The largest absolute Gasteiger partial charge is 0.324 e. The average Bonchev–Trinajstić information content (AvgIpc) is 2.16. The zero-order valence-electron chi connectivity index (χ0n) is 8.06. The van der Waals surface area contributed by atoms with Crippen molar-refractivity contribution in [2.24, 2.45) is 5.73 Å². The summed E-state index contributed by atoms with van der Waals surface area (Å²) < 4.78 is 0. The topological polar surface area (TPSA) is 26.0 Å². The fraction of sp³-hybridized carbons (Fsp3) is 0.455. The van der Waals surface area contributed by atoms with Gasteiger partial charge in [-0.1, -0.05) is 30.1 Å². The molecule has 0 heterocycles. The maximum absolute atomic E-state index is 6.16. The zero-order chi connectivity index (χ0) is 10.3. The normalized spacial score (nSPS) is 26.0. The summed E-state index contributed by atoms with van der Waals surface area (Å²) in [5, 5.41) is 1.55. The second-order valence-electron chi connectivity index (χ2n) is 3.94. The van der Waals surface area contributed by atoms with Gasteiger partial charge < -0.3 is 5.73 Å². The Balaban J connectivity index is 2.65. The van der Waals surface area contributed by atoms with Gasteiger partial charge in [-0.25, -0.2) is 0 Å². The van der Waals surface area contributed by atoms with Gasteiger partial charge in [-0.15, -0.1) is 0 Å². The fourth-order valence-corrected chi connectivity index (χ4v) is 2.84. The van der Waals surface area contributed by atoms with Crippen molar-refractivity contribution in [1.82, 2.24) is 0 Å². The van der Waals surface area contributed by atoms with E-state index in [2.05, 4.69) is 6.92 Å². The molecule has 1 aliphatic carbocycles. The van der Waals surface area contributed by atoms with Crippen LogP contribution >= 0.6 is 23.2 Å². The van der Waals surface area contributed by atoms with E-state index in [9.17, 15) is 0 Å². The van der Waals surface area contributed by atoms with Crippen LogP contribution in [0.4, 0.5) is 0 Å². The Bertz CT molecular complexity index is 328. The summed E-state index contributed by atoms with van der Waals surface area (Å²) in [6.45, 7) is 2.17.